The van der Waals surface area contributed by atoms with Crippen molar-refractivity contribution in [2.45, 2.75) is 213 Å². The van der Waals surface area contributed by atoms with Crippen molar-refractivity contribution in [2.24, 2.45) is 0 Å². The maximum absolute atomic E-state index is 2.69. The lowest BCUT2D eigenvalue weighted by atomic mass is 10.0. The number of rotatable bonds is 31. The quantitative estimate of drug-likeness (QED) is 0.0798. The number of hydrogen-bond donors (Lipinski definition) is 0. The van der Waals surface area contributed by atoms with Crippen LogP contribution >= 0.6 is 0 Å². The highest BCUT2D eigenvalue weighted by molar-refractivity contribution is 4.97. The van der Waals surface area contributed by atoms with Crippen molar-refractivity contribution in [3.8, 4) is 0 Å². The predicted octanol–water partition coefficient (Wildman–Crippen LogP) is 12.8. The fourth-order valence-electron chi connectivity index (χ4n) is 6.36. The van der Waals surface area contributed by atoms with Crippen molar-refractivity contribution in [1.82, 2.24) is 9.80 Å². The van der Waals surface area contributed by atoms with Gasteiger partial charge in [0.1, 0.15) is 6.17 Å². The van der Waals surface area contributed by atoms with E-state index in [2.05, 4.69) is 43.0 Å². The van der Waals surface area contributed by atoms with E-state index in [1.54, 1.807) is 0 Å². The Kier molecular flexibility index (Phi) is 26.9. The van der Waals surface area contributed by atoms with Crippen molar-refractivity contribution in [2.75, 3.05) is 13.1 Å². The second-order valence-corrected chi connectivity index (χ2v) is 12.9. The van der Waals surface area contributed by atoms with E-state index in [0.29, 0.717) is 6.17 Å². The molecule has 1 heterocycles. The molecule has 0 aromatic carbocycles. The van der Waals surface area contributed by atoms with Crippen molar-refractivity contribution >= 4 is 0 Å². The van der Waals surface area contributed by atoms with Crippen LogP contribution in [0, 0.1) is 0 Å². The van der Waals surface area contributed by atoms with Gasteiger partial charge in [0.25, 0.3) is 0 Å². The van der Waals surface area contributed by atoms with E-state index in [-0.39, 0.29) is 0 Å². The van der Waals surface area contributed by atoms with Crippen molar-refractivity contribution in [1.29, 1.82) is 0 Å². The summed E-state index contributed by atoms with van der Waals surface area (Å²) < 4.78 is 0. The minimum absolute atomic E-state index is 0.642. The van der Waals surface area contributed by atoms with Crippen molar-refractivity contribution < 1.29 is 0 Å². The molecule has 0 spiro atoms. The van der Waals surface area contributed by atoms with Crippen LogP contribution in [0.3, 0.4) is 0 Å². The summed E-state index contributed by atoms with van der Waals surface area (Å²) in [5, 5.41) is 0. The van der Waals surface area contributed by atoms with Gasteiger partial charge in [-0.05, 0) is 25.7 Å². The van der Waals surface area contributed by atoms with Gasteiger partial charge in [-0.15, -0.1) is 0 Å². The summed E-state index contributed by atoms with van der Waals surface area (Å²) in [6.07, 6.45) is 47.0. The van der Waals surface area contributed by atoms with Gasteiger partial charge >= 0.3 is 0 Å². The molecular formula is C37H74N2. The Labute approximate surface area is 248 Å². The van der Waals surface area contributed by atoms with Gasteiger partial charge in [0.15, 0.2) is 0 Å². The standard InChI is InChI=1S/C37H74N2/c1-4-7-10-13-15-16-17-18-19-20-21-22-23-24-25-27-29-32-37-38(33-30-12-9-6-3)35-36-39(37)34-31-28-26-14-11-8-5-2/h35-37H,4-34H2,1-3H3. The first-order valence-corrected chi connectivity index (χ1v) is 18.5. The molecule has 39 heavy (non-hydrogen) atoms. The Morgan fingerprint density at radius 2 is 0.590 bits per heavy atom. The van der Waals surface area contributed by atoms with Crippen LogP contribution in [-0.4, -0.2) is 29.1 Å². The summed E-state index contributed by atoms with van der Waals surface area (Å²) in [6.45, 7) is 9.46. The zero-order valence-electron chi connectivity index (χ0n) is 27.5. The van der Waals surface area contributed by atoms with Crippen LogP contribution < -0.4 is 0 Å². The fraction of sp³-hybridized carbons (Fsp3) is 0.946. The van der Waals surface area contributed by atoms with Crippen molar-refractivity contribution in [3.05, 3.63) is 12.4 Å². The molecule has 0 aromatic heterocycles. The number of unbranched alkanes of at least 4 members (excludes halogenated alkanes) is 25. The Morgan fingerprint density at radius 1 is 0.333 bits per heavy atom. The lowest BCUT2D eigenvalue weighted by Gasteiger charge is -2.33. The summed E-state index contributed by atoms with van der Waals surface area (Å²) in [6, 6.07) is 0. The first-order valence-electron chi connectivity index (χ1n) is 18.5. The lowest BCUT2D eigenvalue weighted by Crippen LogP contribution is -2.39. The summed E-state index contributed by atoms with van der Waals surface area (Å²) in [4.78, 5) is 5.38. The monoisotopic (exact) mass is 547 g/mol. The van der Waals surface area contributed by atoms with Crippen LogP contribution in [-0.2, 0) is 0 Å². The van der Waals surface area contributed by atoms with Crippen LogP contribution in [0.15, 0.2) is 12.4 Å². The Balaban J connectivity index is 2.07. The molecule has 0 aromatic rings. The SMILES string of the molecule is CCCCCCCCCCCCCCCCCCCC1N(CCCCCC)C=CN1CCCCCCCCC. The summed E-state index contributed by atoms with van der Waals surface area (Å²) in [5.74, 6) is 0. The van der Waals surface area contributed by atoms with Crippen LogP contribution in [0.1, 0.15) is 207 Å². The average molecular weight is 547 g/mol. The van der Waals surface area contributed by atoms with Crippen LogP contribution in [0.5, 0.6) is 0 Å². The van der Waals surface area contributed by atoms with Crippen LogP contribution in [0.25, 0.3) is 0 Å². The highest BCUT2D eigenvalue weighted by Crippen LogP contribution is 2.24. The molecule has 232 valence electrons. The number of nitrogens with zero attached hydrogens (tertiary/aromatic N) is 2. The van der Waals surface area contributed by atoms with E-state index < -0.39 is 0 Å². The average Bonchev–Trinajstić information content (AvgIpc) is 3.33. The van der Waals surface area contributed by atoms with Gasteiger partial charge in [-0.1, -0.05) is 181 Å². The molecule has 0 aliphatic carbocycles. The molecule has 2 nitrogen and oxygen atoms in total. The maximum Gasteiger partial charge on any atom is 0.101 e. The molecule has 1 rings (SSSR count). The normalized spacial score (nSPS) is 15.2. The molecule has 0 saturated carbocycles. The molecule has 1 atom stereocenters. The van der Waals surface area contributed by atoms with Gasteiger partial charge in [0, 0.05) is 25.5 Å². The zero-order valence-corrected chi connectivity index (χ0v) is 27.5. The molecule has 0 fully saturated rings. The van der Waals surface area contributed by atoms with Gasteiger partial charge in [-0.2, -0.15) is 0 Å². The van der Waals surface area contributed by atoms with Crippen molar-refractivity contribution in [3.63, 3.8) is 0 Å². The fourth-order valence-corrected chi connectivity index (χ4v) is 6.36. The summed E-state index contributed by atoms with van der Waals surface area (Å²) in [5.41, 5.74) is 0. The van der Waals surface area contributed by atoms with E-state index in [1.807, 2.05) is 0 Å². The molecule has 0 N–H and O–H groups in total. The maximum atomic E-state index is 2.69. The molecule has 2 heteroatoms. The Hall–Kier alpha value is -0.660. The predicted molar refractivity (Wildman–Crippen MR) is 177 cm³/mol. The van der Waals surface area contributed by atoms with E-state index in [4.69, 9.17) is 0 Å². The molecule has 0 amide bonds. The first-order chi connectivity index (χ1) is 19.3. The van der Waals surface area contributed by atoms with Gasteiger partial charge in [0.05, 0.1) is 0 Å². The smallest absolute Gasteiger partial charge is 0.101 e. The lowest BCUT2D eigenvalue weighted by molar-refractivity contribution is 0.135. The minimum Gasteiger partial charge on any atom is -0.356 e. The zero-order chi connectivity index (χ0) is 28.1. The second kappa shape index (κ2) is 28.9. The van der Waals surface area contributed by atoms with E-state index >= 15 is 0 Å². The highest BCUT2D eigenvalue weighted by Gasteiger charge is 2.24. The minimum atomic E-state index is 0.642. The van der Waals surface area contributed by atoms with Gasteiger partial charge < -0.3 is 9.80 Å². The molecule has 1 aliphatic rings. The second-order valence-electron chi connectivity index (χ2n) is 12.9. The van der Waals surface area contributed by atoms with E-state index in [9.17, 15) is 0 Å². The summed E-state index contributed by atoms with van der Waals surface area (Å²) >= 11 is 0. The third-order valence-corrected chi connectivity index (χ3v) is 9.07. The topological polar surface area (TPSA) is 6.48 Å². The molecule has 0 bridgehead atoms. The third kappa shape index (κ3) is 21.7. The van der Waals surface area contributed by atoms with Gasteiger partial charge in [-0.3, -0.25) is 0 Å². The van der Waals surface area contributed by atoms with E-state index in [0.717, 1.165) is 0 Å². The molecule has 0 saturated heterocycles. The van der Waals surface area contributed by atoms with Crippen LogP contribution in [0.4, 0.5) is 0 Å². The number of hydrogen-bond acceptors (Lipinski definition) is 2. The Morgan fingerprint density at radius 3 is 0.923 bits per heavy atom. The molecule has 1 aliphatic heterocycles. The Bertz CT molecular complexity index is 502. The molecule has 1 unspecified atom stereocenters. The molecule has 0 radical (unpaired) electrons. The van der Waals surface area contributed by atoms with E-state index in [1.165, 1.54) is 199 Å². The summed E-state index contributed by atoms with van der Waals surface area (Å²) in [7, 11) is 0. The molecular weight excluding hydrogens is 472 g/mol. The largest absolute Gasteiger partial charge is 0.356 e. The first kappa shape index (κ1) is 36.4. The highest BCUT2D eigenvalue weighted by atomic mass is 15.4. The van der Waals surface area contributed by atoms with Gasteiger partial charge in [0.2, 0.25) is 0 Å². The van der Waals surface area contributed by atoms with Crippen LogP contribution in [0.2, 0.25) is 0 Å². The van der Waals surface area contributed by atoms with Gasteiger partial charge in [-0.25, -0.2) is 0 Å². The third-order valence-electron chi connectivity index (χ3n) is 9.07.